The number of para-hydroxylation sites is 1. The molecule has 4 rings (SSSR count). The van der Waals surface area contributed by atoms with Gasteiger partial charge in [0.25, 0.3) is 0 Å². The van der Waals surface area contributed by atoms with E-state index in [-0.39, 0.29) is 12.1 Å². The van der Waals surface area contributed by atoms with Crippen LogP contribution in [0.2, 0.25) is 0 Å². The zero-order valence-electron chi connectivity index (χ0n) is 18.0. The van der Waals surface area contributed by atoms with Gasteiger partial charge in [0.15, 0.2) is 0 Å². The molecule has 0 bridgehead atoms. The molecular weight excluding hydrogens is 376 g/mol. The Bertz CT molecular complexity index is 957. The molecule has 1 fully saturated rings. The molecule has 1 aromatic heterocycles. The van der Waals surface area contributed by atoms with E-state index in [1.165, 1.54) is 5.56 Å². The van der Waals surface area contributed by atoms with E-state index >= 15 is 0 Å². The number of nitrogens with zero attached hydrogens (tertiary/aromatic N) is 2. The lowest BCUT2D eigenvalue weighted by Crippen LogP contribution is -2.56. The lowest BCUT2D eigenvalue weighted by molar-refractivity contribution is -0.00295. The van der Waals surface area contributed by atoms with Crippen molar-refractivity contribution in [2.24, 2.45) is 0 Å². The summed E-state index contributed by atoms with van der Waals surface area (Å²) in [6, 6.07) is 20.6. The van der Waals surface area contributed by atoms with Crippen LogP contribution in [0.4, 0.5) is 4.79 Å². The predicted molar refractivity (Wildman–Crippen MR) is 118 cm³/mol. The van der Waals surface area contributed by atoms with Crippen molar-refractivity contribution in [3.05, 3.63) is 72.0 Å². The van der Waals surface area contributed by atoms with Crippen LogP contribution in [0, 0.1) is 0 Å². The number of hydrogen-bond donors (Lipinski definition) is 0. The van der Waals surface area contributed by atoms with Crippen molar-refractivity contribution in [1.29, 1.82) is 0 Å². The summed E-state index contributed by atoms with van der Waals surface area (Å²) in [4.78, 5) is 17.2. The molecule has 1 amide bonds. The molecule has 1 aliphatic rings. The van der Waals surface area contributed by atoms with Crippen LogP contribution >= 0.6 is 0 Å². The zero-order valence-corrected chi connectivity index (χ0v) is 18.0. The number of carbonyl (C=O) groups excluding carboxylic acids is 1. The van der Waals surface area contributed by atoms with E-state index < -0.39 is 5.60 Å². The average Bonchev–Trinajstić information content (AvgIpc) is 3.10. The third-order valence-electron chi connectivity index (χ3n) is 5.36. The smallest absolute Gasteiger partial charge is 0.410 e. The summed E-state index contributed by atoms with van der Waals surface area (Å²) in [5.41, 5.74) is 1.65. The Morgan fingerprint density at radius 3 is 2.53 bits per heavy atom. The molecule has 0 N–H and O–H groups in total. The molecule has 5 heteroatoms. The number of hydrogen-bond acceptors (Lipinski definition) is 4. The van der Waals surface area contributed by atoms with E-state index in [1.807, 2.05) is 49.9 Å². The highest BCUT2D eigenvalue weighted by Gasteiger charge is 2.34. The van der Waals surface area contributed by atoms with Crippen molar-refractivity contribution in [2.75, 3.05) is 19.6 Å². The minimum absolute atomic E-state index is 0.00197. The molecule has 1 saturated heterocycles. The molecule has 1 atom stereocenters. The quantitative estimate of drug-likeness (QED) is 0.605. The van der Waals surface area contributed by atoms with Crippen molar-refractivity contribution in [1.82, 2.24) is 9.80 Å². The average molecular weight is 407 g/mol. The topological polar surface area (TPSA) is 45.9 Å². The minimum Gasteiger partial charge on any atom is -0.461 e. The molecule has 2 heterocycles. The van der Waals surface area contributed by atoms with Crippen LogP contribution in [-0.2, 0) is 17.7 Å². The first-order chi connectivity index (χ1) is 14.4. The van der Waals surface area contributed by atoms with Gasteiger partial charge in [-0.1, -0.05) is 48.5 Å². The number of rotatable bonds is 4. The molecular formula is C25H30N2O3. The number of furan rings is 1. The van der Waals surface area contributed by atoms with Crippen LogP contribution in [0.15, 0.2) is 65.1 Å². The fourth-order valence-corrected chi connectivity index (χ4v) is 4.01. The molecule has 1 aliphatic heterocycles. The summed E-state index contributed by atoms with van der Waals surface area (Å²) in [5, 5.41) is 1.09. The van der Waals surface area contributed by atoms with Crippen LogP contribution in [0.5, 0.6) is 0 Å². The van der Waals surface area contributed by atoms with Gasteiger partial charge in [0.2, 0.25) is 0 Å². The molecule has 158 valence electrons. The molecule has 0 saturated carbocycles. The standard InChI is InChI=1S/C25H30N2O3/c1-25(2,3)30-24(28)27-14-13-26(17-19-9-5-4-6-10-19)18-21(27)16-22-15-20-11-7-8-12-23(20)29-22/h4-12,15,21H,13-14,16-18H2,1-3H3. The van der Waals surface area contributed by atoms with Crippen LogP contribution in [0.25, 0.3) is 11.0 Å². The van der Waals surface area contributed by atoms with E-state index in [4.69, 9.17) is 9.15 Å². The monoisotopic (exact) mass is 406 g/mol. The van der Waals surface area contributed by atoms with E-state index in [0.29, 0.717) is 13.0 Å². The van der Waals surface area contributed by atoms with Gasteiger partial charge in [0, 0.05) is 38.0 Å². The number of ether oxygens (including phenoxy) is 1. The van der Waals surface area contributed by atoms with Gasteiger partial charge < -0.3 is 14.1 Å². The third kappa shape index (κ3) is 5.03. The fraction of sp³-hybridized carbons (Fsp3) is 0.400. The summed E-state index contributed by atoms with van der Waals surface area (Å²) < 4.78 is 11.8. The largest absolute Gasteiger partial charge is 0.461 e. The molecule has 1 unspecified atom stereocenters. The Labute approximate surface area is 178 Å². The maximum absolute atomic E-state index is 12.9. The second kappa shape index (κ2) is 8.52. The molecule has 2 aromatic carbocycles. The zero-order chi connectivity index (χ0) is 21.1. The summed E-state index contributed by atoms with van der Waals surface area (Å²) in [6.45, 7) is 8.85. The summed E-state index contributed by atoms with van der Waals surface area (Å²) >= 11 is 0. The van der Waals surface area contributed by atoms with Crippen molar-refractivity contribution in [3.8, 4) is 0 Å². The van der Waals surface area contributed by atoms with Gasteiger partial charge >= 0.3 is 6.09 Å². The third-order valence-corrected chi connectivity index (χ3v) is 5.36. The van der Waals surface area contributed by atoms with Gasteiger partial charge in [-0.3, -0.25) is 4.90 Å². The van der Waals surface area contributed by atoms with Crippen LogP contribution in [0.3, 0.4) is 0 Å². The number of fused-ring (bicyclic) bond motifs is 1. The van der Waals surface area contributed by atoms with Crippen LogP contribution in [-0.4, -0.2) is 47.2 Å². The highest BCUT2D eigenvalue weighted by Crippen LogP contribution is 2.24. The Morgan fingerprint density at radius 2 is 1.80 bits per heavy atom. The van der Waals surface area contributed by atoms with Crippen molar-refractivity contribution in [2.45, 2.75) is 45.4 Å². The van der Waals surface area contributed by atoms with Crippen molar-refractivity contribution >= 4 is 17.1 Å². The second-order valence-electron chi connectivity index (χ2n) is 9.00. The highest BCUT2D eigenvalue weighted by atomic mass is 16.6. The Kier molecular flexibility index (Phi) is 5.82. The van der Waals surface area contributed by atoms with E-state index in [9.17, 15) is 4.79 Å². The van der Waals surface area contributed by atoms with Gasteiger partial charge in [-0.2, -0.15) is 0 Å². The van der Waals surface area contributed by atoms with Crippen molar-refractivity contribution < 1.29 is 13.9 Å². The second-order valence-corrected chi connectivity index (χ2v) is 9.00. The Balaban J connectivity index is 1.53. The van der Waals surface area contributed by atoms with E-state index in [0.717, 1.165) is 36.4 Å². The number of piperazine rings is 1. The molecule has 0 spiro atoms. The summed E-state index contributed by atoms with van der Waals surface area (Å²) in [7, 11) is 0. The van der Waals surface area contributed by atoms with Gasteiger partial charge in [0.1, 0.15) is 16.9 Å². The predicted octanol–water partition coefficient (Wildman–Crippen LogP) is 5.10. The molecule has 5 nitrogen and oxygen atoms in total. The van der Waals surface area contributed by atoms with Crippen LogP contribution < -0.4 is 0 Å². The van der Waals surface area contributed by atoms with Gasteiger partial charge in [0.05, 0.1) is 6.04 Å². The fourth-order valence-electron chi connectivity index (χ4n) is 4.01. The number of carbonyl (C=O) groups is 1. The SMILES string of the molecule is CC(C)(C)OC(=O)N1CCN(Cc2ccccc2)CC1Cc1cc2ccccc2o1. The Hall–Kier alpha value is -2.79. The Morgan fingerprint density at radius 1 is 1.07 bits per heavy atom. The normalized spacial score (nSPS) is 18.0. The molecule has 3 aromatic rings. The maximum Gasteiger partial charge on any atom is 0.410 e. The maximum atomic E-state index is 12.9. The minimum atomic E-state index is -0.512. The van der Waals surface area contributed by atoms with E-state index in [1.54, 1.807) is 0 Å². The molecule has 0 radical (unpaired) electrons. The lowest BCUT2D eigenvalue weighted by Gasteiger charge is -2.41. The van der Waals surface area contributed by atoms with Crippen molar-refractivity contribution in [3.63, 3.8) is 0 Å². The highest BCUT2D eigenvalue weighted by molar-refractivity contribution is 5.77. The first kappa shape index (κ1) is 20.5. The van der Waals surface area contributed by atoms with Crippen LogP contribution in [0.1, 0.15) is 32.1 Å². The summed E-state index contributed by atoms with van der Waals surface area (Å²) in [5.74, 6) is 0.899. The first-order valence-electron chi connectivity index (χ1n) is 10.6. The van der Waals surface area contributed by atoms with Gasteiger partial charge in [-0.25, -0.2) is 4.79 Å². The first-order valence-corrected chi connectivity index (χ1v) is 10.6. The lowest BCUT2D eigenvalue weighted by atomic mass is 10.1. The summed E-state index contributed by atoms with van der Waals surface area (Å²) in [6.07, 6.45) is 0.419. The molecule has 0 aliphatic carbocycles. The molecule has 30 heavy (non-hydrogen) atoms. The number of benzene rings is 2. The van der Waals surface area contributed by atoms with E-state index in [2.05, 4.69) is 41.3 Å². The number of amides is 1. The van der Waals surface area contributed by atoms with Gasteiger partial charge in [-0.05, 0) is 38.5 Å². The van der Waals surface area contributed by atoms with Gasteiger partial charge in [-0.15, -0.1) is 0 Å².